The Bertz CT molecular complexity index is 1030. The third-order valence-electron chi connectivity index (χ3n) is 5.18. The fourth-order valence-corrected chi connectivity index (χ4v) is 3.39. The zero-order valence-corrected chi connectivity index (χ0v) is 16.9. The van der Waals surface area contributed by atoms with Crippen LogP contribution >= 0.6 is 0 Å². The summed E-state index contributed by atoms with van der Waals surface area (Å²) >= 11 is 0. The van der Waals surface area contributed by atoms with Gasteiger partial charge in [-0.25, -0.2) is 9.50 Å². The Hall–Kier alpha value is -2.90. The zero-order valence-electron chi connectivity index (χ0n) is 16.9. The summed E-state index contributed by atoms with van der Waals surface area (Å²) in [6.07, 6.45) is 7.83. The molecule has 1 aliphatic heterocycles. The van der Waals surface area contributed by atoms with Crippen molar-refractivity contribution < 1.29 is 9.53 Å². The van der Waals surface area contributed by atoms with Crippen molar-refractivity contribution in [2.24, 2.45) is 5.92 Å². The Balaban J connectivity index is 0.00000240. The second kappa shape index (κ2) is 7.50. The normalized spacial score (nSPS) is 17.8. The van der Waals surface area contributed by atoms with Crippen LogP contribution in [0.4, 0.5) is 0 Å². The average molecular weight is 399 g/mol. The van der Waals surface area contributed by atoms with Crippen LogP contribution in [0.3, 0.4) is 0 Å². The Morgan fingerprint density at radius 3 is 2.62 bits per heavy atom. The molecule has 8 heteroatoms. The van der Waals surface area contributed by atoms with E-state index in [1.54, 1.807) is 10.7 Å². The quantitative estimate of drug-likeness (QED) is 0.729. The van der Waals surface area contributed by atoms with Crippen LogP contribution in [0.2, 0.25) is 0 Å². The molecule has 29 heavy (non-hydrogen) atoms. The fourth-order valence-electron chi connectivity index (χ4n) is 3.39. The van der Waals surface area contributed by atoms with E-state index in [1.807, 2.05) is 37.1 Å². The van der Waals surface area contributed by atoms with E-state index in [1.165, 1.54) is 0 Å². The Kier molecular flexibility index (Phi) is 5.38. The summed E-state index contributed by atoms with van der Waals surface area (Å²) in [6, 6.07) is 0. The number of fused-ring (bicyclic) bond motifs is 1. The highest BCUT2D eigenvalue weighted by atomic mass is 16.5. The molecule has 0 spiro atoms. The van der Waals surface area contributed by atoms with Gasteiger partial charge in [0.25, 0.3) is 0 Å². The first kappa shape index (κ1) is 20.8. The lowest BCUT2D eigenvalue weighted by Crippen LogP contribution is -2.26. The molecule has 0 saturated carbocycles. The minimum absolute atomic E-state index is 0. The molecule has 8 nitrogen and oxygen atoms in total. The lowest BCUT2D eigenvalue weighted by molar-refractivity contribution is -0.119. The van der Waals surface area contributed by atoms with Crippen molar-refractivity contribution in [2.75, 3.05) is 6.54 Å². The van der Waals surface area contributed by atoms with Crippen molar-refractivity contribution in [3.8, 4) is 17.1 Å². The fraction of sp³-hybridized carbons (Fsp3) is 0.524. The molecule has 0 unspecified atom stereocenters. The van der Waals surface area contributed by atoms with Gasteiger partial charge in [0.2, 0.25) is 11.8 Å². The lowest BCUT2D eigenvalue weighted by atomic mass is 10.0. The van der Waals surface area contributed by atoms with E-state index in [0.29, 0.717) is 18.8 Å². The summed E-state index contributed by atoms with van der Waals surface area (Å²) in [5.41, 5.74) is 3.37. The van der Waals surface area contributed by atoms with Gasteiger partial charge in [-0.15, -0.1) is 0 Å². The SMILES string of the molecule is C.Cc1cnn2cc(-c3cnn(C(C)(C)C)c3)nc(O[C@H](C)[C@H]3CNC(=O)C3)c12. The number of hydrogen-bond acceptors (Lipinski definition) is 5. The topological polar surface area (TPSA) is 86.3 Å². The van der Waals surface area contributed by atoms with Crippen LogP contribution in [0.25, 0.3) is 16.8 Å². The molecule has 0 aromatic carbocycles. The number of aromatic nitrogens is 5. The summed E-state index contributed by atoms with van der Waals surface area (Å²) in [4.78, 5) is 16.3. The molecular formula is C21H30N6O2. The highest BCUT2D eigenvalue weighted by Crippen LogP contribution is 2.29. The van der Waals surface area contributed by atoms with Gasteiger partial charge in [-0.2, -0.15) is 10.2 Å². The Morgan fingerprint density at radius 2 is 2.00 bits per heavy atom. The maximum absolute atomic E-state index is 11.6. The summed E-state index contributed by atoms with van der Waals surface area (Å²) in [6.45, 7) is 10.9. The molecule has 1 amide bonds. The minimum Gasteiger partial charge on any atom is -0.473 e. The highest BCUT2D eigenvalue weighted by molar-refractivity contribution is 5.78. The van der Waals surface area contributed by atoms with Crippen molar-refractivity contribution in [3.05, 3.63) is 30.4 Å². The van der Waals surface area contributed by atoms with Crippen molar-refractivity contribution >= 4 is 11.4 Å². The van der Waals surface area contributed by atoms with Crippen LogP contribution in [-0.4, -0.2) is 42.9 Å². The molecule has 4 heterocycles. The van der Waals surface area contributed by atoms with E-state index in [2.05, 4.69) is 36.3 Å². The monoisotopic (exact) mass is 398 g/mol. The number of carbonyl (C=O) groups excluding carboxylic acids is 1. The first-order valence-electron chi connectivity index (χ1n) is 9.56. The molecule has 0 radical (unpaired) electrons. The van der Waals surface area contributed by atoms with E-state index >= 15 is 0 Å². The van der Waals surface area contributed by atoms with E-state index < -0.39 is 0 Å². The number of ether oxygens (including phenoxy) is 1. The molecule has 2 atom stereocenters. The zero-order chi connectivity index (χ0) is 20.1. The summed E-state index contributed by atoms with van der Waals surface area (Å²) in [7, 11) is 0. The molecule has 1 aliphatic rings. The van der Waals surface area contributed by atoms with Crippen LogP contribution < -0.4 is 10.1 Å². The number of amides is 1. The van der Waals surface area contributed by atoms with Crippen LogP contribution in [0, 0.1) is 12.8 Å². The number of hydrogen-bond donors (Lipinski definition) is 1. The maximum atomic E-state index is 11.6. The Labute approximate surface area is 171 Å². The summed E-state index contributed by atoms with van der Waals surface area (Å²) < 4.78 is 9.96. The molecule has 0 aliphatic carbocycles. The maximum Gasteiger partial charge on any atom is 0.241 e. The number of nitrogens with one attached hydrogen (secondary N) is 1. The van der Waals surface area contributed by atoms with E-state index in [4.69, 9.17) is 9.72 Å². The number of rotatable bonds is 4. The van der Waals surface area contributed by atoms with Gasteiger partial charge < -0.3 is 10.1 Å². The van der Waals surface area contributed by atoms with Crippen LogP contribution in [-0.2, 0) is 10.3 Å². The predicted molar refractivity (Wildman–Crippen MR) is 112 cm³/mol. The molecule has 1 saturated heterocycles. The summed E-state index contributed by atoms with van der Waals surface area (Å²) in [5.74, 6) is 0.732. The minimum atomic E-state index is -0.142. The molecule has 156 valence electrons. The first-order chi connectivity index (χ1) is 13.2. The second-order valence-electron chi connectivity index (χ2n) is 8.49. The molecule has 1 N–H and O–H groups in total. The van der Waals surface area contributed by atoms with Crippen molar-refractivity contribution in [2.45, 2.75) is 60.1 Å². The smallest absolute Gasteiger partial charge is 0.241 e. The molecule has 0 bridgehead atoms. The predicted octanol–water partition coefficient (Wildman–Crippen LogP) is 3.20. The third kappa shape index (κ3) is 3.97. The van der Waals surface area contributed by atoms with Gasteiger partial charge in [0.15, 0.2) is 0 Å². The molecule has 3 aromatic rings. The van der Waals surface area contributed by atoms with Gasteiger partial charge in [-0.1, -0.05) is 7.43 Å². The molecule has 1 fully saturated rings. The second-order valence-corrected chi connectivity index (χ2v) is 8.49. The lowest BCUT2D eigenvalue weighted by Gasteiger charge is -2.20. The van der Waals surface area contributed by atoms with E-state index in [-0.39, 0.29) is 30.9 Å². The third-order valence-corrected chi connectivity index (χ3v) is 5.18. The highest BCUT2D eigenvalue weighted by Gasteiger charge is 2.29. The molecule has 4 rings (SSSR count). The average Bonchev–Trinajstić information content (AvgIpc) is 3.34. The van der Waals surface area contributed by atoms with E-state index in [0.717, 1.165) is 22.3 Å². The van der Waals surface area contributed by atoms with Gasteiger partial charge in [-0.3, -0.25) is 9.48 Å². The molecule has 3 aromatic heterocycles. The van der Waals surface area contributed by atoms with Crippen molar-refractivity contribution in [1.29, 1.82) is 0 Å². The first-order valence-corrected chi connectivity index (χ1v) is 9.56. The van der Waals surface area contributed by atoms with Gasteiger partial charge in [-0.05, 0) is 34.6 Å². The number of nitrogens with zero attached hydrogens (tertiary/aromatic N) is 5. The van der Waals surface area contributed by atoms with Crippen molar-refractivity contribution in [1.82, 2.24) is 29.7 Å². The summed E-state index contributed by atoms with van der Waals surface area (Å²) in [5, 5.41) is 11.8. The van der Waals surface area contributed by atoms with Crippen LogP contribution in [0.15, 0.2) is 24.8 Å². The van der Waals surface area contributed by atoms with E-state index in [9.17, 15) is 4.79 Å². The number of aryl methyl sites for hydroxylation is 1. The number of carbonyl (C=O) groups is 1. The van der Waals surface area contributed by atoms with Gasteiger partial charge in [0.05, 0.1) is 29.8 Å². The van der Waals surface area contributed by atoms with Gasteiger partial charge in [0.1, 0.15) is 11.6 Å². The van der Waals surface area contributed by atoms with Crippen LogP contribution in [0.5, 0.6) is 5.88 Å². The Morgan fingerprint density at radius 1 is 1.24 bits per heavy atom. The van der Waals surface area contributed by atoms with Gasteiger partial charge in [0, 0.05) is 36.2 Å². The molecular weight excluding hydrogens is 368 g/mol. The van der Waals surface area contributed by atoms with Crippen LogP contribution in [0.1, 0.15) is 47.1 Å². The largest absolute Gasteiger partial charge is 0.473 e. The van der Waals surface area contributed by atoms with Gasteiger partial charge >= 0.3 is 0 Å². The van der Waals surface area contributed by atoms with Crippen molar-refractivity contribution in [3.63, 3.8) is 0 Å². The standard InChI is InChI=1S/C20H26N6O2.CH4/c1-12-7-22-25-11-16(15-9-23-26(10-15)20(3,4)5)24-19(18(12)25)28-13(2)14-6-17(27)21-8-14;/h7,9-11,13-14H,6,8H2,1-5H3,(H,21,27);1H4/t13-,14-;/m1./s1.